The van der Waals surface area contributed by atoms with Gasteiger partial charge in [-0.3, -0.25) is 4.79 Å². The Balaban J connectivity index is 0.000000383. The van der Waals surface area contributed by atoms with Crippen LogP contribution in [0.5, 0.6) is 0 Å². The molecule has 0 aromatic heterocycles. The number of aliphatic hydroxyl groups is 1. The van der Waals surface area contributed by atoms with Gasteiger partial charge in [-0.25, -0.2) is 0 Å². The minimum Gasteiger partial charge on any atom is -0.474 e. The van der Waals surface area contributed by atoms with Crippen molar-refractivity contribution in [3.05, 3.63) is 97.5 Å². The fourth-order valence-corrected chi connectivity index (χ4v) is 1.62. The Hall–Kier alpha value is -2.65. The molecule has 0 bridgehead atoms. The minimum absolute atomic E-state index is 0.271. The average Bonchev–Trinajstić information content (AvgIpc) is 2.56. The lowest BCUT2D eigenvalue weighted by molar-refractivity contribution is 0.0747. The van der Waals surface area contributed by atoms with E-state index in [9.17, 15) is 9.90 Å². The van der Waals surface area contributed by atoms with Crippen LogP contribution in [-0.4, -0.2) is 10.9 Å². The van der Waals surface area contributed by atoms with E-state index in [4.69, 9.17) is 0 Å². The highest BCUT2D eigenvalue weighted by Gasteiger charge is 2.18. The number of hydrogen-bond acceptors (Lipinski definition) is 3. The molecule has 108 valence electrons. The molecular formula is C18H18O3. The zero-order valence-electron chi connectivity index (χ0n) is 11.7. The molecule has 3 nitrogen and oxygen atoms in total. The number of ketones is 1. The normalized spacial score (nSPS) is 10.5. The monoisotopic (exact) mass is 282 g/mol. The van der Waals surface area contributed by atoms with Crippen molar-refractivity contribution < 1.29 is 14.6 Å². The van der Waals surface area contributed by atoms with Crippen LogP contribution < -0.4 is 0 Å². The van der Waals surface area contributed by atoms with Crippen molar-refractivity contribution in [1.82, 2.24) is 0 Å². The van der Waals surface area contributed by atoms with Gasteiger partial charge in [0.2, 0.25) is 0 Å². The molecule has 0 radical (unpaired) electrons. The van der Waals surface area contributed by atoms with Crippen molar-refractivity contribution in [1.29, 1.82) is 0 Å². The van der Waals surface area contributed by atoms with Gasteiger partial charge in [-0.15, -0.1) is 0 Å². The molecule has 2 aromatic carbocycles. The van der Waals surface area contributed by atoms with Gasteiger partial charge in [-0.2, -0.15) is 0 Å². The van der Waals surface area contributed by atoms with Gasteiger partial charge in [0, 0.05) is 5.56 Å². The van der Waals surface area contributed by atoms with E-state index in [1.54, 1.807) is 48.5 Å². The Morgan fingerprint density at radius 3 is 1.86 bits per heavy atom. The summed E-state index contributed by atoms with van der Waals surface area (Å²) >= 11 is 0. The second-order valence-electron chi connectivity index (χ2n) is 4.01. The molecule has 0 saturated heterocycles. The van der Waals surface area contributed by atoms with Gasteiger partial charge < -0.3 is 9.84 Å². The van der Waals surface area contributed by atoms with Crippen LogP contribution in [0.1, 0.15) is 22.0 Å². The van der Waals surface area contributed by atoms with Crippen LogP contribution >= 0.6 is 0 Å². The molecule has 2 aromatic rings. The summed E-state index contributed by atoms with van der Waals surface area (Å²) in [5.41, 5.74) is 1.15. The maximum absolute atomic E-state index is 11.9. The van der Waals surface area contributed by atoms with Crippen LogP contribution in [0.2, 0.25) is 0 Å². The molecule has 1 unspecified atom stereocenters. The van der Waals surface area contributed by atoms with E-state index in [2.05, 4.69) is 17.9 Å². The van der Waals surface area contributed by atoms with E-state index in [0.29, 0.717) is 11.1 Å². The van der Waals surface area contributed by atoms with Gasteiger partial charge in [0.1, 0.15) is 6.10 Å². The topological polar surface area (TPSA) is 46.5 Å². The smallest absolute Gasteiger partial charge is 0.195 e. The first-order valence-electron chi connectivity index (χ1n) is 6.40. The summed E-state index contributed by atoms with van der Waals surface area (Å²) in [5, 5.41) is 9.89. The van der Waals surface area contributed by atoms with Gasteiger partial charge in [0.05, 0.1) is 12.5 Å². The van der Waals surface area contributed by atoms with Crippen molar-refractivity contribution in [3.63, 3.8) is 0 Å². The third-order valence-corrected chi connectivity index (χ3v) is 2.61. The molecular weight excluding hydrogens is 264 g/mol. The lowest BCUT2D eigenvalue weighted by atomic mass is 10.0. The van der Waals surface area contributed by atoms with E-state index in [0.717, 1.165) is 0 Å². The number of carbonyl (C=O) groups is 1. The molecule has 0 spiro atoms. The van der Waals surface area contributed by atoms with Crippen LogP contribution in [0.15, 0.2) is 86.3 Å². The molecule has 1 atom stereocenters. The van der Waals surface area contributed by atoms with Gasteiger partial charge in [-0.05, 0) is 5.56 Å². The first-order valence-corrected chi connectivity index (χ1v) is 6.40. The first kappa shape index (κ1) is 16.4. The van der Waals surface area contributed by atoms with E-state index < -0.39 is 6.10 Å². The van der Waals surface area contributed by atoms with E-state index in [1.807, 2.05) is 12.1 Å². The van der Waals surface area contributed by atoms with Gasteiger partial charge in [0.15, 0.2) is 5.78 Å². The zero-order valence-corrected chi connectivity index (χ0v) is 11.7. The van der Waals surface area contributed by atoms with E-state index in [1.165, 1.54) is 12.5 Å². The molecule has 3 heteroatoms. The van der Waals surface area contributed by atoms with E-state index >= 15 is 0 Å². The highest BCUT2D eigenvalue weighted by molar-refractivity contribution is 5.99. The Morgan fingerprint density at radius 2 is 1.43 bits per heavy atom. The standard InChI is InChI=1S/C14H12O2.C4H6O/c15-13(11-7-3-1-4-8-11)14(16)12-9-5-2-6-10-12;1-3-5-4-2/h1-10,13,15H;3-4H,1-2H2. The third-order valence-electron chi connectivity index (χ3n) is 2.61. The van der Waals surface area contributed by atoms with Crippen LogP contribution in [0.3, 0.4) is 0 Å². The van der Waals surface area contributed by atoms with Gasteiger partial charge in [0.25, 0.3) is 0 Å². The first-order chi connectivity index (χ1) is 10.2. The molecule has 0 saturated carbocycles. The summed E-state index contributed by atoms with van der Waals surface area (Å²) < 4.78 is 4.36. The molecule has 0 fully saturated rings. The van der Waals surface area contributed by atoms with Crippen LogP contribution in [0.4, 0.5) is 0 Å². The molecule has 0 heterocycles. The number of Topliss-reactive ketones (excluding diaryl/α,β-unsaturated/α-hetero) is 1. The number of aliphatic hydroxyl groups excluding tert-OH is 1. The fourth-order valence-electron chi connectivity index (χ4n) is 1.62. The predicted octanol–water partition coefficient (Wildman–Crippen LogP) is 3.89. The predicted molar refractivity (Wildman–Crippen MR) is 83.7 cm³/mol. The second kappa shape index (κ2) is 9.28. The third kappa shape index (κ3) is 5.47. The lowest BCUT2D eigenvalue weighted by Crippen LogP contribution is -2.11. The summed E-state index contributed by atoms with van der Waals surface area (Å²) in [6.07, 6.45) is 1.55. The second-order valence-corrected chi connectivity index (χ2v) is 4.01. The SMILES string of the molecule is C=COC=C.O=C(c1ccccc1)C(O)c1ccccc1. The van der Waals surface area contributed by atoms with Crippen LogP contribution in [0, 0.1) is 0 Å². The summed E-state index contributed by atoms with van der Waals surface area (Å²) in [7, 11) is 0. The maximum Gasteiger partial charge on any atom is 0.195 e. The minimum atomic E-state index is -1.08. The molecule has 0 amide bonds. The summed E-state index contributed by atoms with van der Waals surface area (Å²) in [6.45, 7) is 6.51. The number of rotatable bonds is 5. The Bertz CT molecular complexity index is 556. The molecule has 1 N–H and O–H groups in total. The largest absolute Gasteiger partial charge is 0.474 e. The van der Waals surface area contributed by atoms with Crippen LogP contribution in [0.25, 0.3) is 0 Å². The maximum atomic E-state index is 11.9. The summed E-state index contributed by atoms with van der Waals surface area (Å²) in [6, 6.07) is 17.7. The number of ether oxygens (including phenoxy) is 1. The quantitative estimate of drug-likeness (QED) is 0.668. The number of hydrogen-bond donors (Lipinski definition) is 1. The molecule has 0 aliphatic carbocycles. The Labute approximate surface area is 124 Å². The summed E-state index contributed by atoms with van der Waals surface area (Å²) in [4.78, 5) is 11.9. The molecule has 0 aliphatic heterocycles. The summed E-state index contributed by atoms with van der Waals surface area (Å²) in [5.74, 6) is -0.271. The van der Waals surface area contributed by atoms with Gasteiger partial charge >= 0.3 is 0 Å². The Morgan fingerprint density at radius 1 is 0.952 bits per heavy atom. The van der Waals surface area contributed by atoms with Gasteiger partial charge in [-0.1, -0.05) is 73.8 Å². The van der Waals surface area contributed by atoms with Crippen molar-refractivity contribution in [2.45, 2.75) is 6.10 Å². The Kier molecular flexibility index (Phi) is 7.25. The van der Waals surface area contributed by atoms with Crippen molar-refractivity contribution in [3.8, 4) is 0 Å². The van der Waals surface area contributed by atoms with Crippen LogP contribution in [-0.2, 0) is 4.74 Å². The average molecular weight is 282 g/mol. The fraction of sp³-hybridized carbons (Fsp3) is 0.0556. The highest BCUT2D eigenvalue weighted by Crippen LogP contribution is 2.17. The number of carbonyl (C=O) groups excluding carboxylic acids is 1. The van der Waals surface area contributed by atoms with Crippen molar-refractivity contribution >= 4 is 5.78 Å². The molecule has 2 rings (SSSR count). The zero-order chi connectivity index (χ0) is 15.5. The molecule has 21 heavy (non-hydrogen) atoms. The number of benzene rings is 2. The highest BCUT2D eigenvalue weighted by atomic mass is 16.5. The molecule has 0 aliphatic rings. The van der Waals surface area contributed by atoms with E-state index in [-0.39, 0.29) is 5.78 Å². The van der Waals surface area contributed by atoms with Crippen molar-refractivity contribution in [2.24, 2.45) is 0 Å². The van der Waals surface area contributed by atoms with Crippen molar-refractivity contribution in [2.75, 3.05) is 0 Å². The lowest BCUT2D eigenvalue weighted by Gasteiger charge is -2.09.